The number of sulfonamides is 1. The second-order valence-electron chi connectivity index (χ2n) is 5.79. The van der Waals surface area contributed by atoms with Gasteiger partial charge in [-0.25, -0.2) is 8.42 Å². The monoisotopic (exact) mass is 384 g/mol. The average molecular weight is 384 g/mol. The lowest BCUT2D eigenvalue weighted by Gasteiger charge is -2.23. The predicted molar refractivity (Wildman–Crippen MR) is 99.2 cm³/mol. The zero-order valence-electron chi connectivity index (χ0n) is 15.2. The van der Waals surface area contributed by atoms with E-state index in [0.29, 0.717) is 0 Å². The smallest absolute Gasteiger partial charge is 0.402 e. The minimum Gasteiger partial charge on any atom is -0.402 e. The van der Waals surface area contributed by atoms with Crippen LogP contribution in [0.25, 0.3) is 0 Å². The van der Waals surface area contributed by atoms with Crippen LogP contribution in [0.3, 0.4) is 0 Å². The Labute approximate surface area is 154 Å². The van der Waals surface area contributed by atoms with Gasteiger partial charge < -0.3 is 20.0 Å². The topological polar surface area (TPSA) is 116 Å². The Morgan fingerprint density at radius 3 is 2.58 bits per heavy atom. The van der Waals surface area contributed by atoms with Crippen molar-refractivity contribution in [3.05, 3.63) is 46.9 Å². The molecule has 0 saturated heterocycles. The summed E-state index contributed by atoms with van der Waals surface area (Å²) < 4.78 is 29.5. The summed E-state index contributed by atoms with van der Waals surface area (Å²) in [6, 6.07) is 5.71. The molecule has 1 atom stereocenters. The molecule has 0 aliphatic heterocycles. The summed E-state index contributed by atoms with van der Waals surface area (Å²) in [4.78, 5) is 12.2. The zero-order chi connectivity index (χ0) is 19.9. The molecular formula is C16H25BN2O6S. The van der Waals surface area contributed by atoms with Gasteiger partial charge in [0.1, 0.15) is 6.23 Å². The van der Waals surface area contributed by atoms with E-state index >= 15 is 0 Å². The van der Waals surface area contributed by atoms with Gasteiger partial charge in [0.25, 0.3) is 0 Å². The van der Waals surface area contributed by atoms with Crippen LogP contribution >= 0.6 is 0 Å². The van der Waals surface area contributed by atoms with Crippen LogP contribution in [0.1, 0.15) is 23.6 Å². The van der Waals surface area contributed by atoms with Crippen molar-refractivity contribution in [2.45, 2.75) is 33.4 Å². The number of hydrogen-bond acceptors (Lipinski definition) is 6. The van der Waals surface area contributed by atoms with Crippen molar-refractivity contribution in [3.63, 3.8) is 0 Å². The molecule has 0 radical (unpaired) electrons. The van der Waals surface area contributed by atoms with E-state index in [-0.39, 0.29) is 13.0 Å². The summed E-state index contributed by atoms with van der Waals surface area (Å²) in [7, 11) is -5.82. The van der Waals surface area contributed by atoms with Gasteiger partial charge in [0.2, 0.25) is 15.9 Å². The Morgan fingerprint density at radius 2 is 2.08 bits per heavy atom. The molecule has 0 aromatic heterocycles. The van der Waals surface area contributed by atoms with Crippen molar-refractivity contribution >= 4 is 23.3 Å². The van der Waals surface area contributed by atoms with Crippen LogP contribution in [-0.2, 0) is 25.9 Å². The average Bonchev–Trinajstić information content (AvgIpc) is 2.54. The van der Waals surface area contributed by atoms with Gasteiger partial charge in [-0.1, -0.05) is 37.3 Å². The van der Waals surface area contributed by atoms with Gasteiger partial charge in [-0.2, -0.15) is 4.31 Å². The standard InChI is InChI=1S/C16H25BN2O6S/c1-5-19(26(23,24)6-2)11-15(20)18-16(25-17(21)22)10-14-8-7-12(3)9-13(14)4/h6-9,16,21-22H,2,5,10-11H2,1,3-4H3,(H,18,20)/t16-/m1/s1. The van der Waals surface area contributed by atoms with Gasteiger partial charge in [0.05, 0.1) is 6.54 Å². The molecule has 0 fully saturated rings. The molecule has 144 valence electrons. The molecule has 1 rings (SSSR count). The van der Waals surface area contributed by atoms with Crippen LogP contribution in [0, 0.1) is 13.8 Å². The van der Waals surface area contributed by atoms with E-state index in [1.807, 2.05) is 32.0 Å². The Hall–Kier alpha value is -1.72. The fraction of sp³-hybridized carbons (Fsp3) is 0.438. The third-order valence-corrected chi connectivity index (χ3v) is 5.28. The van der Waals surface area contributed by atoms with Crippen LogP contribution in [0.5, 0.6) is 0 Å². The first-order chi connectivity index (χ1) is 12.1. The van der Waals surface area contributed by atoms with Crippen LogP contribution in [0.2, 0.25) is 0 Å². The summed E-state index contributed by atoms with van der Waals surface area (Å²) in [5.41, 5.74) is 2.89. The molecule has 26 heavy (non-hydrogen) atoms. The highest BCUT2D eigenvalue weighted by atomic mass is 32.2. The largest absolute Gasteiger partial charge is 0.635 e. The number of benzene rings is 1. The third kappa shape index (κ3) is 6.89. The van der Waals surface area contributed by atoms with Gasteiger partial charge in [0, 0.05) is 18.4 Å². The van der Waals surface area contributed by atoms with Gasteiger partial charge in [-0.05, 0) is 25.0 Å². The molecule has 1 aromatic carbocycles. The number of carbonyl (C=O) groups excluding carboxylic acids is 1. The molecule has 0 spiro atoms. The first-order valence-electron chi connectivity index (χ1n) is 8.08. The third-order valence-electron chi connectivity index (χ3n) is 3.75. The van der Waals surface area contributed by atoms with E-state index in [4.69, 9.17) is 14.7 Å². The highest BCUT2D eigenvalue weighted by molar-refractivity contribution is 7.92. The molecule has 3 N–H and O–H groups in total. The van der Waals surface area contributed by atoms with Gasteiger partial charge in [-0.15, -0.1) is 0 Å². The lowest BCUT2D eigenvalue weighted by Crippen LogP contribution is -2.47. The quantitative estimate of drug-likeness (QED) is 0.388. The van der Waals surface area contributed by atoms with E-state index < -0.39 is 36.0 Å². The van der Waals surface area contributed by atoms with Crippen LogP contribution in [0.15, 0.2) is 30.2 Å². The Kier molecular flexibility index (Phi) is 8.45. The predicted octanol–water partition coefficient (Wildman–Crippen LogP) is 0.0695. The molecule has 0 aliphatic rings. The summed E-state index contributed by atoms with van der Waals surface area (Å²) >= 11 is 0. The molecule has 0 saturated carbocycles. The Morgan fingerprint density at radius 1 is 1.42 bits per heavy atom. The van der Waals surface area contributed by atoms with Crippen molar-refractivity contribution in [1.29, 1.82) is 0 Å². The Bertz CT molecular complexity index is 738. The second kappa shape index (κ2) is 9.84. The van der Waals surface area contributed by atoms with Crippen molar-refractivity contribution < 1.29 is 27.9 Å². The highest BCUT2D eigenvalue weighted by Gasteiger charge is 2.24. The van der Waals surface area contributed by atoms with Gasteiger partial charge >= 0.3 is 7.32 Å². The van der Waals surface area contributed by atoms with Crippen LogP contribution in [0.4, 0.5) is 0 Å². The number of nitrogens with one attached hydrogen (secondary N) is 1. The molecule has 1 amide bonds. The fourth-order valence-corrected chi connectivity index (χ4v) is 3.30. The van der Waals surface area contributed by atoms with Crippen LogP contribution in [-0.4, -0.2) is 55.3 Å². The molecule has 0 heterocycles. The molecular weight excluding hydrogens is 359 g/mol. The maximum absolute atomic E-state index is 12.2. The number of hydrogen-bond donors (Lipinski definition) is 3. The zero-order valence-corrected chi connectivity index (χ0v) is 16.0. The Balaban J connectivity index is 2.86. The first-order valence-corrected chi connectivity index (χ1v) is 9.59. The fourth-order valence-electron chi connectivity index (χ4n) is 2.43. The SMILES string of the molecule is C=CS(=O)(=O)N(CC)CC(=O)N[C@@H](Cc1ccc(C)cc1C)OB(O)O. The normalized spacial score (nSPS) is 12.7. The van der Waals surface area contributed by atoms with Gasteiger partial charge in [0.15, 0.2) is 0 Å². The van der Waals surface area contributed by atoms with Crippen molar-refractivity contribution in [2.24, 2.45) is 0 Å². The lowest BCUT2D eigenvalue weighted by molar-refractivity contribution is -0.124. The van der Waals surface area contributed by atoms with Crippen LogP contribution < -0.4 is 5.32 Å². The molecule has 0 bridgehead atoms. The molecule has 0 aliphatic carbocycles. The molecule has 0 unspecified atom stereocenters. The maximum Gasteiger partial charge on any atom is 0.635 e. The maximum atomic E-state index is 12.2. The summed E-state index contributed by atoms with van der Waals surface area (Å²) in [6.45, 7) is 8.32. The van der Waals surface area contributed by atoms with Gasteiger partial charge in [-0.3, -0.25) is 4.79 Å². The van der Waals surface area contributed by atoms with E-state index in [0.717, 1.165) is 26.4 Å². The lowest BCUT2D eigenvalue weighted by atomic mass is 10.0. The van der Waals surface area contributed by atoms with E-state index in [2.05, 4.69) is 11.9 Å². The number of nitrogens with zero attached hydrogens (tertiary/aromatic N) is 1. The molecule has 1 aromatic rings. The van der Waals surface area contributed by atoms with E-state index in [9.17, 15) is 13.2 Å². The van der Waals surface area contributed by atoms with Crippen molar-refractivity contribution in [1.82, 2.24) is 9.62 Å². The summed E-state index contributed by atoms with van der Waals surface area (Å²) in [5.74, 6) is -0.632. The summed E-state index contributed by atoms with van der Waals surface area (Å²) in [6.07, 6.45) is -0.843. The highest BCUT2D eigenvalue weighted by Crippen LogP contribution is 2.13. The van der Waals surface area contributed by atoms with Crippen molar-refractivity contribution in [3.8, 4) is 0 Å². The minimum atomic E-state index is -3.74. The number of amides is 1. The number of likely N-dealkylation sites (N-methyl/N-ethyl adjacent to an activating group) is 1. The number of carbonyl (C=O) groups is 1. The van der Waals surface area contributed by atoms with E-state index in [1.165, 1.54) is 0 Å². The van der Waals surface area contributed by atoms with E-state index in [1.54, 1.807) is 6.92 Å². The summed E-state index contributed by atoms with van der Waals surface area (Å²) in [5, 5.41) is 21.4. The van der Waals surface area contributed by atoms with Crippen molar-refractivity contribution in [2.75, 3.05) is 13.1 Å². The molecule has 10 heteroatoms. The first kappa shape index (κ1) is 22.3. The number of rotatable bonds is 10. The number of aryl methyl sites for hydroxylation is 2. The molecule has 8 nitrogen and oxygen atoms in total. The minimum absolute atomic E-state index is 0.0903. The second-order valence-corrected chi connectivity index (χ2v) is 7.67.